The molecule has 0 fully saturated rings. The van der Waals surface area contributed by atoms with Crippen molar-refractivity contribution < 1.29 is 23.4 Å². The van der Waals surface area contributed by atoms with Gasteiger partial charge in [-0.25, -0.2) is 8.78 Å². The zero-order chi connectivity index (χ0) is 17.7. The Labute approximate surface area is 137 Å². The standard InChI is InChI=1S/C17H14F2N2O3/c1-24-12-4-2-3-10(7-12)16(22)17(23)21-15(9-20)13-6-5-11(18)8-14(13)19/h2-8,15-16,22H,1H3,(H,21,23). The summed E-state index contributed by atoms with van der Waals surface area (Å²) in [6.07, 6.45) is -1.57. The molecular weight excluding hydrogens is 318 g/mol. The molecule has 24 heavy (non-hydrogen) atoms. The first-order valence-corrected chi connectivity index (χ1v) is 6.93. The molecule has 0 radical (unpaired) electrons. The molecule has 2 aromatic carbocycles. The van der Waals surface area contributed by atoms with Gasteiger partial charge in [0.25, 0.3) is 5.91 Å². The number of hydrogen-bond donors (Lipinski definition) is 2. The number of ether oxygens (including phenoxy) is 1. The molecule has 0 heterocycles. The van der Waals surface area contributed by atoms with Crippen molar-refractivity contribution in [3.05, 3.63) is 65.2 Å². The summed E-state index contributed by atoms with van der Waals surface area (Å²) in [5.41, 5.74) is 0.0632. The first-order valence-electron chi connectivity index (χ1n) is 6.93. The molecule has 0 saturated heterocycles. The van der Waals surface area contributed by atoms with Gasteiger partial charge in [-0.1, -0.05) is 18.2 Å². The highest BCUT2D eigenvalue weighted by Gasteiger charge is 2.24. The number of benzene rings is 2. The highest BCUT2D eigenvalue weighted by atomic mass is 19.1. The van der Waals surface area contributed by atoms with E-state index in [0.717, 1.165) is 12.1 Å². The van der Waals surface area contributed by atoms with Crippen LogP contribution in [0, 0.1) is 23.0 Å². The molecule has 0 aliphatic carbocycles. The third-order valence-corrected chi connectivity index (χ3v) is 3.35. The Morgan fingerprint density at radius 1 is 1.29 bits per heavy atom. The van der Waals surface area contributed by atoms with Crippen LogP contribution in [0.5, 0.6) is 5.75 Å². The third kappa shape index (κ3) is 3.86. The molecule has 1 amide bonds. The van der Waals surface area contributed by atoms with Gasteiger partial charge >= 0.3 is 0 Å². The number of amides is 1. The van der Waals surface area contributed by atoms with Crippen LogP contribution in [-0.4, -0.2) is 18.1 Å². The summed E-state index contributed by atoms with van der Waals surface area (Å²) in [5.74, 6) is -2.20. The predicted octanol–water partition coefficient (Wildman–Crippen LogP) is 2.39. The van der Waals surface area contributed by atoms with Crippen LogP contribution >= 0.6 is 0 Å². The molecule has 0 saturated carbocycles. The van der Waals surface area contributed by atoms with E-state index in [1.807, 2.05) is 0 Å². The zero-order valence-corrected chi connectivity index (χ0v) is 12.7. The van der Waals surface area contributed by atoms with Gasteiger partial charge < -0.3 is 15.2 Å². The average molecular weight is 332 g/mol. The second-order valence-corrected chi connectivity index (χ2v) is 4.92. The van der Waals surface area contributed by atoms with Crippen LogP contribution in [-0.2, 0) is 4.79 Å². The molecule has 2 unspecified atom stereocenters. The van der Waals surface area contributed by atoms with Gasteiger partial charge in [-0.2, -0.15) is 5.26 Å². The molecule has 2 aromatic rings. The minimum Gasteiger partial charge on any atom is -0.497 e. The molecule has 2 N–H and O–H groups in total. The topological polar surface area (TPSA) is 82.3 Å². The second kappa shape index (κ2) is 7.53. The van der Waals surface area contributed by atoms with Crippen molar-refractivity contribution in [2.24, 2.45) is 0 Å². The number of carbonyl (C=O) groups excluding carboxylic acids is 1. The number of aliphatic hydroxyl groups excluding tert-OH is 1. The van der Waals surface area contributed by atoms with Crippen molar-refractivity contribution in [2.45, 2.75) is 12.1 Å². The third-order valence-electron chi connectivity index (χ3n) is 3.35. The minimum atomic E-state index is -1.57. The average Bonchev–Trinajstić information content (AvgIpc) is 2.59. The number of hydrogen-bond acceptors (Lipinski definition) is 4. The van der Waals surface area contributed by atoms with Crippen molar-refractivity contribution in [3.8, 4) is 11.8 Å². The van der Waals surface area contributed by atoms with E-state index >= 15 is 0 Å². The van der Waals surface area contributed by atoms with Crippen LogP contribution in [0.15, 0.2) is 42.5 Å². The number of aliphatic hydroxyl groups is 1. The van der Waals surface area contributed by atoms with E-state index in [2.05, 4.69) is 5.32 Å². The van der Waals surface area contributed by atoms with E-state index in [4.69, 9.17) is 10.00 Å². The molecular formula is C17H14F2N2O3. The van der Waals surface area contributed by atoms with Crippen LogP contribution in [0.3, 0.4) is 0 Å². The van der Waals surface area contributed by atoms with Gasteiger partial charge in [0.15, 0.2) is 6.10 Å². The lowest BCUT2D eigenvalue weighted by Gasteiger charge is -2.16. The molecule has 0 bridgehead atoms. The van der Waals surface area contributed by atoms with Crippen LogP contribution in [0.2, 0.25) is 0 Å². The zero-order valence-electron chi connectivity index (χ0n) is 12.7. The van der Waals surface area contributed by atoms with E-state index in [-0.39, 0.29) is 11.1 Å². The van der Waals surface area contributed by atoms with Crippen molar-refractivity contribution >= 4 is 5.91 Å². The number of carbonyl (C=O) groups is 1. The fraction of sp³-hybridized carbons (Fsp3) is 0.176. The van der Waals surface area contributed by atoms with Crippen LogP contribution in [0.4, 0.5) is 8.78 Å². The molecule has 0 aromatic heterocycles. The summed E-state index contributed by atoms with van der Waals surface area (Å²) in [6, 6.07) is 9.20. The number of nitrogens with zero attached hydrogens (tertiary/aromatic N) is 1. The van der Waals surface area contributed by atoms with E-state index in [9.17, 15) is 18.7 Å². The van der Waals surface area contributed by atoms with Crippen LogP contribution in [0.1, 0.15) is 23.3 Å². The van der Waals surface area contributed by atoms with E-state index in [1.165, 1.54) is 19.2 Å². The molecule has 2 atom stereocenters. The monoisotopic (exact) mass is 332 g/mol. The summed E-state index contributed by atoms with van der Waals surface area (Å²) in [6.45, 7) is 0. The molecule has 0 aliphatic heterocycles. The molecule has 0 spiro atoms. The largest absolute Gasteiger partial charge is 0.497 e. The minimum absolute atomic E-state index is 0.190. The fourth-order valence-corrected chi connectivity index (χ4v) is 2.10. The molecule has 7 heteroatoms. The maximum atomic E-state index is 13.7. The lowest BCUT2D eigenvalue weighted by atomic mass is 10.0. The molecule has 2 rings (SSSR count). The Balaban J connectivity index is 2.18. The highest BCUT2D eigenvalue weighted by Crippen LogP contribution is 2.22. The number of halogens is 2. The lowest BCUT2D eigenvalue weighted by Crippen LogP contribution is -2.32. The first kappa shape index (κ1) is 17.4. The second-order valence-electron chi connectivity index (χ2n) is 4.92. The maximum Gasteiger partial charge on any atom is 0.254 e. The van der Waals surface area contributed by atoms with Gasteiger partial charge in [0.1, 0.15) is 23.4 Å². The van der Waals surface area contributed by atoms with Gasteiger partial charge in [0.2, 0.25) is 0 Å². The van der Waals surface area contributed by atoms with E-state index in [0.29, 0.717) is 11.8 Å². The SMILES string of the molecule is COc1cccc(C(O)C(=O)NC(C#N)c2ccc(F)cc2F)c1. The quantitative estimate of drug-likeness (QED) is 0.881. The summed E-state index contributed by atoms with van der Waals surface area (Å²) >= 11 is 0. The normalized spacial score (nSPS) is 12.8. The van der Waals surface area contributed by atoms with Crippen LogP contribution in [0.25, 0.3) is 0 Å². The van der Waals surface area contributed by atoms with Gasteiger partial charge in [0.05, 0.1) is 13.2 Å². The summed E-state index contributed by atoms with van der Waals surface area (Å²) < 4.78 is 31.7. The van der Waals surface area contributed by atoms with Gasteiger partial charge in [-0.15, -0.1) is 0 Å². The first-order chi connectivity index (χ1) is 11.5. The van der Waals surface area contributed by atoms with Crippen molar-refractivity contribution in [3.63, 3.8) is 0 Å². The Bertz CT molecular complexity index is 790. The van der Waals surface area contributed by atoms with Crippen molar-refractivity contribution in [2.75, 3.05) is 7.11 Å². The van der Waals surface area contributed by atoms with Gasteiger partial charge in [0, 0.05) is 11.6 Å². The molecule has 124 valence electrons. The fourth-order valence-electron chi connectivity index (χ4n) is 2.10. The Morgan fingerprint density at radius 3 is 2.67 bits per heavy atom. The Kier molecular flexibility index (Phi) is 5.45. The predicted molar refractivity (Wildman–Crippen MR) is 80.8 cm³/mol. The smallest absolute Gasteiger partial charge is 0.254 e. The number of nitriles is 1. The summed E-state index contributed by atoms with van der Waals surface area (Å²) in [4.78, 5) is 12.1. The maximum absolute atomic E-state index is 13.7. The molecule has 0 aliphatic rings. The Morgan fingerprint density at radius 2 is 2.04 bits per heavy atom. The van der Waals surface area contributed by atoms with E-state index in [1.54, 1.807) is 18.2 Å². The van der Waals surface area contributed by atoms with E-state index < -0.39 is 29.7 Å². The van der Waals surface area contributed by atoms with Crippen molar-refractivity contribution in [1.82, 2.24) is 5.32 Å². The highest BCUT2D eigenvalue weighted by molar-refractivity contribution is 5.82. The number of nitrogens with one attached hydrogen (secondary N) is 1. The summed E-state index contributed by atoms with van der Waals surface area (Å²) in [7, 11) is 1.44. The summed E-state index contributed by atoms with van der Waals surface area (Å²) in [5, 5.41) is 21.4. The van der Waals surface area contributed by atoms with Gasteiger partial charge in [-0.3, -0.25) is 4.79 Å². The van der Waals surface area contributed by atoms with Crippen LogP contribution < -0.4 is 10.1 Å². The number of rotatable bonds is 5. The Hall–Kier alpha value is -2.98. The molecule has 5 nitrogen and oxygen atoms in total. The number of methoxy groups -OCH3 is 1. The van der Waals surface area contributed by atoms with Crippen molar-refractivity contribution in [1.29, 1.82) is 5.26 Å². The van der Waals surface area contributed by atoms with Gasteiger partial charge in [-0.05, 0) is 23.8 Å². The lowest BCUT2D eigenvalue weighted by molar-refractivity contribution is -0.130.